The van der Waals surface area contributed by atoms with E-state index in [2.05, 4.69) is 0 Å². The van der Waals surface area contributed by atoms with Gasteiger partial charge in [-0.15, -0.1) is 0 Å². The van der Waals surface area contributed by atoms with Gasteiger partial charge in [0.25, 0.3) is 5.91 Å². The normalized spacial score (nSPS) is 10.1. The first kappa shape index (κ1) is 14.2. The molecule has 2 aromatic rings. The van der Waals surface area contributed by atoms with E-state index in [0.717, 1.165) is 16.8 Å². The molecule has 2 aromatic carbocycles. The molecule has 0 saturated heterocycles. The summed E-state index contributed by atoms with van der Waals surface area (Å²) in [5.41, 5.74) is 8.91. The monoisotopic (exact) mass is 284 g/mol. The molecule has 102 valence electrons. The van der Waals surface area contributed by atoms with Gasteiger partial charge in [0.15, 0.2) is 0 Å². The second-order valence-corrected chi connectivity index (χ2v) is 5.08. The predicted octanol–water partition coefficient (Wildman–Crippen LogP) is 2.91. The van der Waals surface area contributed by atoms with Crippen molar-refractivity contribution in [2.24, 2.45) is 5.73 Å². The average molecular weight is 284 g/mol. The molecule has 0 aliphatic rings. The Balaban J connectivity index is 2.28. The molecule has 0 bridgehead atoms. The molecule has 2 rings (SSSR count). The number of aryl methyl sites for hydroxylation is 1. The molecule has 0 spiro atoms. The van der Waals surface area contributed by atoms with Gasteiger partial charge < -0.3 is 10.6 Å². The highest BCUT2D eigenvalue weighted by Crippen LogP contribution is 2.17. The topological polar surface area (TPSA) is 46.3 Å². The van der Waals surface area contributed by atoms with Crippen LogP contribution in [0.5, 0.6) is 0 Å². The molecule has 4 heteroatoms. The van der Waals surface area contributed by atoms with Crippen molar-refractivity contribution in [1.82, 2.24) is 0 Å². The van der Waals surface area contributed by atoms with Crippen molar-refractivity contribution < 1.29 is 4.79 Å². The van der Waals surface area contributed by atoms with Crippen LogP contribution in [0.4, 0.5) is 5.69 Å². The fourth-order valence-corrected chi connectivity index (χ4v) is 2.00. The molecule has 3 nitrogen and oxygen atoms in total. The number of rotatable bonds is 3. The molecule has 1 amide bonds. The van der Waals surface area contributed by atoms with E-state index in [1.165, 1.54) is 0 Å². The van der Waals surface area contributed by atoms with Gasteiger partial charge in [0.2, 0.25) is 0 Å². The number of amides is 1. The molecular formula is C16H16N2OS. The van der Waals surface area contributed by atoms with Crippen molar-refractivity contribution in [3.63, 3.8) is 0 Å². The Morgan fingerprint density at radius 1 is 1.10 bits per heavy atom. The highest BCUT2D eigenvalue weighted by molar-refractivity contribution is 7.80. The van der Waals surface area contributed by atoms with E-state index in [-0.39, 0.29) is 5.91 Å². The van der Waals surface area contributed by atoms with Crippen LogP contribution >= 0.6 is 12.2 Å². The van der Waals surface area contributed by atoms with Gasteiger partial charge in [0.1, 0.15) is 4.99 Å². The van der Waals surface area contributed by atoms with Gasteiger partial charge in [0.05, 0.1) is 0 Å². The first-order valence-corrected chi connectivity index (χ1v) is 6.64. The van der Waals surface area contributed by atoms with E-state index < -0.39 is 0 Å². The molecule has 0 atom stereocenters. The number of nitrogens with two attached hydrogens (primary N) is 1. The summed E-state index contributed by atoms with van der Waals surface area (Å²) in [4.78, 5) is 14.3. The molecule has 20 heavy (non-hydrogen) atoms. The Morgan fingerprint density at radius 3 is 2.35 bits per heavy atom. The summed E-state index contributed by atoms with van der Waals surface area (Å²) < 4.78 is 0. The van der Waals surface area contributed by atoms with Crippen LogP contribution in [0.3, 0.4) is 0 Å². The highest BCUT2D eigenvalue weighted by Gasteiger charge is 2.13. The van der Waals surface area contributed by atoms with E-state index in [9.17, 15) is 4.79 Å². The fourth-order valence-electron chi connectivity index (χ4n) is 1.87. The molecule has 2 N–H and O–H groups in total. The third-order valence-electron chi connectivity index (χ3n) is 3.12. The Kier molecular flexibility index (Phi) is 4.15. The van der Waals surface area contributed by atoms with E-state index in [0.29, 0.717) is 10.6 Å². The van der Waals surface area contributed by atoms with Gasteiger partial charge >= 0.3 is 0 Å². The lowest BCUT2D eigenvalue weighted by molar-refractivity contribution is 0.0993. The zero-order chi connectivity index (χ0) is 14.7. The lowest BCUT2D eigenvalue weighted by atomic mass is 10.1. The second kappa shape index (κ2) is 5.84. The first-order chi connectivity index (χ1) is 9.49. The standard InChI is InChI=1S/C16H16N2OS/c1-11-6-8-12(9-7-11)16(19)18(2)14-5-3-4-13(10-14)15(17)20/h3-10H,1-2H3,(H2,17,20). The van der Waals surface area contributed by atoms with Gasteiger partial charge in [-0.2, -0.15) is 0 Å². The highest BCUT2D eigenvalue weighted by atomic mass is 32.1. The Hall–Kier alpha value is -2.20. The van der Waals surface area contributed by atoms with Gasteiger partial charge in [-0.25, -0.2) is 0 Å². The Bertz CT molecular complexity index is 650. The van der Waals surface area contributed by atoms with E-state index in [4.69, 9.17) is 18.0 Å². The number of thiocarbonyl (C=S) groups is 1. The van der Waals surface area contributed by atoms with Crippen LogP contribution in [0.15, 0.2) is 48.5 Å². The summed E-state index contributed by atoms with van der Waals surface area (Å²) in [6, 6.07) is 14.8. The fraction of sp³-hybridized carbons (Fsp3) is 0.125. The summed E-state index contributed by atoms with van der Waals surface area (Å²) in [6.07, 6.45) is 0. The SMILES string of the molecule is Cc1ccc(C(=O)N(C)c2cccc(C(N)=S)c2)cc1. The maximum absolute atomic E-state index is 12.4. The lowest BCUT2D eigenvalue weighted by Crippen LogP contribution is -2.26. The van der Waals surface area contributed by atoms with E-state index >= 15 is 0 Å². The smallest absolute Gasteiger partial charge is 0.258 e. The molecule has 0 radical (unpaired) electrons. The summed E-state index contributed by atoms with van der Waals surface area (Å²) in [5.74, 6) is -0.0647. The third kappa shape index (κ3) is 3.03. The molecule has 0 aliphatic carbocycles. The van der Waals surface area contributed by atoms with Crippen LogP contribution in [0.1, 0.15) is 21.5 Å². The van der Waals surface area contributed by atoms with Crippen molar-refractivity contribution in [2.45, 2.75) is 6.92 Å². The summed E-state index contributed by atoms with van der Waals surface area (Å²) >= 11 is 4.96. The quantitative estimate of drug-likeness (QED) is 0.882. The molecular weight excluding hydrogens is 268 g/mol. The second-order valence-electron chi connectivity index (χ2n) is 4.64. The Morgan fingerprint density at radius 2 is 1.75 bits per heavy atom. The van der Waals surface area contributed by atoms with Crippen molar-refractivity contribution in [3.05, 3.63) is 65.2 Å². The molecule has 0 heterocycles. The summed E-state index contributed by atoms with van der Waals surface area (Å²) in [6.45, 7) is 1.99. The minimum atomic E-state index is -0.0647. The van der Waals surface area contributed by atoms with Crippen LogP contribution in [0.25, 0.3) is 0 Å². The number of nitrogens with zero attached hydrogens (tertiary/aromatic N) is 1. The van der Waals surface area contributed by atoms with Gasteiger partial charge in [0, 0.05) is 23.9 Å². The zero-order valence-electron chi connectivity index (χ0n) is 11.5. The minimum Gasteiger partial charge on any atom is -0.389 e. The van der Waals surface area contributed by atoms with Crippen LogP contribution < -0.4 is 10.6 Å². The van der Waals surface area contributed by atoms with Crippen molar-refractivity contribution in [2.75, 3.05) is 11.9 Å². The summed E-state index contributed by atoms with van der Waals surface area (Å²) in [7, 11) is 1.74. The molecule has 0 aliphatic heterocycles. The van der Waals surface area contributed by atoms with E-state index in [1.807, 2.05) is 55.5 Å². The molecule has 0 aromatic heterocycles. The Labute approximate surface area is 124 Å². The minimum absolute atomic E-state index is 0.0647. The van der Waals surface area contributed by atoms with Crippen molar-refractivity contribution in [1.29, 1.82) is 0 Å². The van der Waals surface area contributed by atoms with Gasteiger partial charge in [-0.3, -0.25) is 4.79 Å². The van der Waals surface area contributed by atoms with Gasteiger partial charge in [-0.05, 0) is 31.2 Å². The predicted molar refractivity (Wildman–Crippen MR) is 86.2 cm³/mol. The maximum Gasteiger partial charge on any atom is 0.258 e. The number of carbonyl (C=O) groups is 1. The maximum atomic E-state index is 12.4. The van der Waals surface area contributed by atoms with Crippen LogP contribution in [0, 0.1) is 6.92 Å². The number of hydrogen-bond acceptors (Lipinski definition) is 2. The largest absolute Gasteiger partial charge is 0.389 e. The number of anilines is 1. The van der Waals surface area contributed by atoms with Crippen molar-refractivity contribution in [3.8, 4) is 0 Å². The average Bonchev–Trinajstić information content (AvgIpc) is 2.46. The zero-order valence-corrected chi connectivity index (χ0v) is 12.3. The van der Waals surface area contributed by atoms with Gasteiger partial charge in [-0.1, -0.05) is 42.0 Å². The lowest BCUT2D eigenvalue weighted by Gasteiger charge is -2.18. The number of hydrogen-bond donors (Lipinski definition) is 1. The third-order valence-corrected chi connectivity index (χ3v) is 3.36. The van der Waals surface area contributed by atoms with Crippen LogP contribution in [-0.2, 0) is 0 Å². The number of benzene rings is 2. The molecule has 0 unspecified atom stereocenters. The van der Waals surface area contributed by atoms with E-state index in [1.54, 1.807) is 11.9 Å². The van der Waals surface area contributed by atoms with Crippen LogP contribution in [-0.4, -0.2) is 17.9 Å². The van der Waals surface area contributed by atoms with Crippen molar-refractivity contribution >= 4 is 28.8 Å². The first-order valence-electron chi connectivity index (χ1n) is 6.23. The number of carbonyl (C=O) groups excluding carboxylic acids is 1. The summed E-state index contributed by atoms with van der Waals surface area (Å²) in [5, 5.41) is 0. The molecule has 0 saturated carbocycles. The molecule has 0 fully saturated rings. The van der Waals surface area contributed by atoms with Crippen LogP contribution in [0.2, 0.25) is 0 Å².